The third-order valence-electron chi connectivity index (χ3n) is 3.01. The van der Waals surface area contributed by atoms with E-state index >= 15 is 0 Å². The maximum absolute atomic E-state index is 12.6. The highest BCUT2D eigenvalue weighted by molar-refractivity contribution is 5.35. The van der Waals surface area contributed by atoms with Gasteiger partial charge in [-0.15, -0.1) is 0 Å². The molecular formula is C13H19F3N2O. The number of halogens is 3. The number of ether oxygens (including phenoxy) is 1. The molecule has 0 aliphatic carbocycles. The summed E-state index contributed by atoms with van der Waals surface area (Å²) in [5.41, 5.74) is 3.17. The van der Waals surface area contributed by atoms with E-state index in [0.29, 0.717) is 17.7 Å². The van der Waals surface area contributed by atoms with Crippen LogP contribution in [-0.2, 0) is 10.9 Å². The summed E-state index contributed by atoms with van der Waals surface area (Å²) in [7, 11) is 0. The number of rotatable bonds is 5. The van der Waals surface area contributed by atoms with Crippen molar-refractivity contribution in [1.29, 1.82) is 0 Å². The molecule has 0 amide bonds. The van der Waals surface area contributed by atoms with Gasteiger partial charge in [0.15, 0.2) is 0 Å². The van der Waals surface area contributed by atoms with Gasteiger partial charge in [-0.1, -0.05) is 6.07 Å². The zero-order valence-electron chi connectivity index (χ0n) is 11.2. The maximum Gasteiger partial charge on any atom is 0.416 e. The number of nitrogens with one attached hydrogen (secondary N) is 1. The van der Waals surface area contributed by atoms with Crippen molar-refractivity contribution in [1.82, 2.24) is 5.43 Å². The number of nitrogens with two attached hydrogens (primary N) is 1. The number of alkyl halides is 3. The highest BCUT2D eigenvalue weighted by atomic mass is 19.4. The number of hydrogen-bond acceptors (Lipinski definition) is 3. The maximum atomic E-state index is 12.6. The molecule has 0 heterocycles. The van der Waals surface area contributed by atoms with Gasteiger partial charge in [0.05, 0.1) is 17.7 Å². The fourth-order valence-electron chi connectivity index (χ4n) is 2.04. The van der Waals surface area contributed by atoms with Gasteiger partial charge in [-0.25, -0.2) is 0 Å². The van der Waals surface area contributed by atoms with Crippen molar-refractivity contribution in [2.75, 3.05) is 6.61 Å². The van der Waals surface area contributed by atoms with Crippen LogP contribution in [0.15, 0.2) is 18.2 Å². The first-order chi connectivity index (χ1) is 8.81. The molecule has 1 aromatic rings. The molecule has 1 rings (SSSR count). The lowest BCUT2D eigenvalue weighted by Gasteiger charge is -2.25. The van der Waals surface area contributed by atoms with E-state index in [1.54, 1.807) is 6.92 Å². The molecule has 0 aliphatic heterocycles. The topological polar surface area (TPSA) is 47.3 Å². The second-order valence-corrected chi connectivity index (χ2v) is 4.37. The monoisotopic (exact) mass is 276 g/mol. The molecule has 0 saturated carbocycles. The van der Waals surface area contributed by atoms with E-state index in [1.165, 1.54) is 6.07 Å². The number of benzene rings is 1. The lowest BCUT2D eigenvalue weighted by Crippen LogP contribution is -2.37. The Balaban J connectivity index is 3.06. The van der Waals surface area contributed by atoms with Crippen molar-refractivity contribution in [3.8, 4) is 0 Å². The Bertz CT molecular complexity index is 421. The smallest absolute Gasteiger partial charge is 0.377 e. The van der Waals surface area contributed by atoms with Gasteiger partial charge in [0.2, 0.25) is 0 Å². The normalized spacial score (nSPS) is 15.3. The molecule has 0 aliphatic rings. The van der Waals surface area contributed by atoms with Crippen LogP contribution in [-0.4, -0.2) is 12.7 Å². The molecule has 108 valence electrons. The van der Waals surface area contributed by atoms with Crippen molar-refractivity contribution in [2.24, 2.45) is 5.84 Å². The molecule has 0 bridgehead atoms. The SMILES string of the molecule is CCOC(C)C(NN)c1ccc(C(F)(F)F)cc1C. The third kappa shape index (κ3) is 3.92. The van der Waals surface area contributed by atoms with E-state index in [2.05, 4.69) is 5.43 Å². The Morgan fingerprint density at radius 1 is 1.37 bits per heavy atom. The Morgan fingerprint density at radius 3 is 2.42 bits per heavy atom. The first-order valence-electron chi connectivity index (χ1n) is 6.06. The summed E-state index contributed by atoms with van der Waals surface area (Å²) < 4.78 is 43.2. The molecular weight excluding hydrogens is 257 g/mol. The predicted octanol–water partition coefficient (Wildman–Crippen LogP) is 2.94. The van der Waals surface area contributed by atoms with Crippen molar-refractivity contribution < 1.29 is 17.9 Å². The van der Waals surface area contributed by atoms with Gasteiger partial charge in [-0.2, -0.15) is 13.2 Å². The molecule has 19 heavy (non-hydrogen) atoms. The van der Waals surface area contributed by atoms with Gasteiger partial charge in [0.25, 0.3) is 0 Å². The van der Waals surface area contributed by atoms with Crippen molar-refractivity contribution in [2.45, 2.75) is 39.1 Å². The number of hydrazine groups is 1. The molecule has 0 saturated heterocycles. The summed E-state index contributed by atoms with van der Waals surface area (Å²) in [5, 5.41) is 0. The summed E-state index contributed by atoms with van der Waals surface area (Å²) >= 11 is 0. The molecule has 1 aromatic carbocycles. The summed E-state index contributed by atoms with van der Waals surface area (Å²) in [6.45, 7) is 5.82. The van der Waals surface area contributed by atoms with E-state index < -0.39 is 11.7 Å². The van der Waals surface area contributed by atoms with E-state index in [4.69, 9.17) is 10.6 Å². The zero-order valence-corrected chi connectivity index (χ0v) is 11.2. The van der Waals surface area contributed by atoms with Gasteiger partial charge < -0.3 is 4.74 Å². The van der Waals surface area contributed by atoms with Crippen LogP contribution in [0.25, 0.3) is 0 Å². The van der Waals surface area contributed by atoms with Crippen LogP contribution in [0.2, 0.25) is 0 Å². The van der Waals surface area contributed by atoms with Gasteiger partial charge in [-0.05, 0) is 44.0 Å². The zero-order chi connectivity index (χ0) is 14.6. The van der Waals surface area contributed by atoms with E-state index in [9.17, 15) is 13.2 Å². The van der Waals surface area contributed by atoms with Crippen LogP contribution < -0.4 is 11.3 Å². The summed E-state index contributed by atoms with van der Waals surface area (Å²) in [5.74, 6) is 5.48. The molecule has 0 spiro atoms. The molecule has 6 heteroatoms. The van der Waals surface area contributed by atoms with E-state index in [1.807, 2.05) is 13.8 Å². The molecule has 3 nitrogen and oxygen atoms in total. The van der Waals surface area contributed by atoms with Crippen LogP contribution in [0.5, 0.6) is 0 Å². The number of hydrogen-bond donors (Lipinski definition) is 2. The van der Waals surface area contributed by atoms with Crippen LogP contribution in [0.1, 0.15) is 36.6 Å². The Labute approximate surface area is 110 Å². The third-order valence-corrected chi connectivity index (χ3v) is 3.01. The number of aryl methyl sites for hydroxylation is 1. The molecule has 0 radical (unpaired) electrons. The largest absolute Gasteiger partial charge is 0.416 e. The second-order valence-electron chi connectivity index (χ2n) is 4.37. The van der Waals surface area contributed by atoms with Crippen LogP contribution >= 0.6 is 0 Å². The van der Waals surface area contributed by atoms with Crippen molar-refractivity contribution >= 4 is 0 Å². The Morgan fingerprint density at radius 2 is 2.00 bits per heavy atom. The minimum absolute atomic E-state index is 0.231. The van der Waals surface area contributed by atoms with Crippen LogP contribution in [0, 0.1) is 6.92 Å². The first-order valence-corrected chi connectivity index (χ1v) is 6.06. The van der Waals surface area contributed by atoms with Gasteiger partial charge in [0, 0.05) is 6.61 Å². The van der Waals surface area contributed by atoms with Gasteiger partial charge in [0.1, 0.15) is 0 Å². The fourth-order valence-corrected chi connectivity index (χ4v) is 2.04. The molecule has 2 unspecified atom stereocenters. The van der Waals surface area contributed by atoms with Crippen molar-refractivity contribution in [3.05, 3.63) is 34.9 Å². The summed E-state index contributed by atoms with van der Waals surface area (Å²) in [4.78, 5) is 0. The fraction of sp³-hybridized carbons (Fsp3) is 0.538. The average molecular weight is 276 g/mol. The Kier molecular flexibility index (Phi) is 5.34. The second kappa shape index (κ2) is 6.36. The predicted molar refractivity (Wildman–Crippen MR) is 67.3 cm³/mol. The quantitative estimate of drug-likeness (QED) is 0.642. The highest BCUT2D eigenvalue weighted by Crippen LogP contribution is 2.32. The highest BCUT2D eigenvalue weighted by Gasteiger charge is 2.31. The van der Waals surface area contributed by atoms with E-state index in [-0.39, 0.29) is 12.1 Å². The minimum atomic E-state index is -4.33. The molecule has 3 N–H and O–H groups in total. The lowest BCUT2D eigenvalue weighted by molar-refractivity contribution is -0.137. The van der Waals surface area contributed by atoms with Crippen LogP contribution in [0.3, 0.4) is 0 Å². The van der Waals surface area contributed by atoms with E-state index in [0.717, 1.165) is 12.1 Å². The minimum Gasteiger partial charge on any atom is -0.377 e. The van der Waals surface area contributed by atoms with Gasteiger partial charge in [-0.3, -0.25) is 11.3 Å². The van der Waals surface area contributed by atoms with Gasteiger partial charge >= 0.3 is 6.18 Å². The molecule has 2 atom stereocenters. The standard InChI is InChI=1S/C13H19F3N2O/c1-4-19-9(3)12(18-17)11-6-5-10(7-8(11)2)13(14,15)16/h5-7,9,12,18H,4,17H2,1-3H3. The molecule has 0 fully saturated rings. The average Bonchev–Trinajstić information content (AvgIpc) is 2.31. The first kappa shape index (κ1) is 15.9. The molecule has 0 aromatic heterocycles. The van der Waals surface area contributed by atoms with Crippen molar-refractivity contribution in [3.63, 3.8) is 0 Å². The Hall–Kier alpha value is -1.11. The lowest BCUT2D eigenvalue weighted by atomic mass is 9.96. The van der Waals surface area contributed by atoms with Crippen LogP contribution in [0.4, 0.5) is 13.2 Å². The summed E-state index contributed by atoms with van der Waals surface area (Å²) in [6.07, 6.45) is -4.56. The summed E-state index contributed by atoms with van der Waals surface area (Å²) in [6, 6.07) is 3.28.